The first-order valence-electron chi connectivity index (χ1n) is 12.3. The van der Waals surface area contributed by atoms with Crippen LogP contribution < -0.4 is 4.74 Å². The summed E-state index contributed by atoms with van der Waals surface area (Å²) in [5, 5.41) is 0.708. The zero-order chi connectivity index (χ0) is 26.2. The molecule has 1 aliphatic heterocycles. The van der Waals surface area contributed by atoms with Crippen molar-refractivity contribution in [1.82, 2.24) is 19.0 Å². The zero-order valence-corrected chi connectivity index (χ0v) is 21.9. The number of thioether (sulfide) groups is 1. The van der Waals surface area contributed by atoms with E-state index in [0.717, 1.165) is 16.8 Å². The number of ether oxygens (including phenoxy) is 1. The second kappa shape index (κ2) is 9.87. The predicted molar refractivity (Wildman–Crippen MR) is 149 cm³/mol. The van der Waals surface area contributed by atoms with E-state index in [2.05, 4.69) is 15.6 Å². The number of rotatable bonds is 6. The number of fused-ring (bicyclic) bond motifs is 2. The van der Waals surface area contributed by atoms with E-state index in [9.17, 15) is 9.59 Å². The van der Waals surface area contributed by atoms with Crippen molar-refractivity contribution in [2.75, 3.05) is 14.1 Å². The Morgan fingerprint density at radius 1 is 1.03 bits per heavy atom. The van der Waals surface area contributed by atoms with Crippen molar-refractivity contribution in [1.29, 1.82) is 0 Å². The normalized spacial score (nSPS) is 14.4. The molecular weight excluding hydrogens is 496 g/mol. The third-order valence-corrected chi connectivity index (χ3v) is 7.99. The molecule has 5 aromatic rings. The van der Waals surface area contributed by atoms with E-state index < -0.39 is 0 Å². The van der Waals surface area contributed by atoms with E-state index in [1.807, 2.05) is 73.1 Å². The number of carbonyl (C=O) groups is 2. The molecule has 2 aromatic carbocycles. The molecule has 0 spiro atoms. The summed E-state index contributed by atoms with van der Waals surface area (Å²) in [4.78, 5) is 33.0. The number of carbonyl (C=O) groups excluding carboxylic acids is 2. The number of benzene rings is 2. The van der Waals surface area contributed by atoms with E-state index in [1.165, 1.54) is 9.47 Å². The highest BCUT2D eigenvalue weighted by Gasteiger charge is 2.31. The van der Waals surface area contributed by atoms with Gasteiger partial charge in [-0.15, -0.1) is 11.8 Å². The zero-order valence-electron chi connectivity index (χ0n) is 21.1. The second-order valence-corrected chi connectivity index (χ2v) is 10.4. The minimum Gasteiger partial charge on any atom is -0.488 e. The van der Waals surface area contributed by atoms with Gasteiger partial charge in [0.05, 0.1) is 16.5 Å². The molecule has 190 valence electrons. The van der Waals surface area contributed by atoms with Crippen LogP contribution in [0.5, 0.6) is 5.75 Å². The monoisotopic (exact) mass is 522 g/mol. The standard InChI is InChI=1S/C30H26N4O3S/c1-32(2)30(36)34-17-23(27-24(34)11-6-12-26(27)37-18-20-8-4-3-5-9-20)28(35)22-13-15-33-25(22)19-38-29(33)21-10-7-14-31-16-21/h3-17,29H,18-19H2,1-2H3. The van der Waals surface area contributed by atoms with Crippen molar-refractivity contribution in [2.24, 2.45) is 0 Å². The fourth-order valence-electron chi connectivity index (χ4n) is 4.88. The SMILES string of the molecule is CN(C)C(=O)n1cc(C(=O)c2ccn3c2CSC3c2cccnc2)c2c(OCc3ccccc3)cccc21. The van der Waals surface area contributed by atoms with E-state index in [0.29, 0.717) is 40.1 Å². The fourth-order valence-corrected chi connectivity index (χ4v) is 6.19. The summed E-state index contributed by atoms with van der Waals surface area (Å²) in [5.41, 5.74) is 4.80. The third kappa shape index (κ3) is 4.16. The smallest absolute Gasteiger partial charge is 0.328 e. The van der Waals surface area contributed by atoms with Crippen LogP contribution in [0.15, 0.2) is 91.5 Å². The highest BCUT2D eigenvalue weighted by Crippen LogP contribution is 2.43. The van der Waals surface area contributed by atoms with Crippen LogP contribution in [0.2, 0.25) is 0 Å². The largest absolute Gasteiger partial charge is 0.488 e. The van der Waals surface area contributed by atoms with E-state index in [1.54, 1.807) is 38.3 Å². The molecule has 0 saturated carbocycles. The first-order valence-corrected chi connectivity index (χ1v) is 13.4. The first-order chi connectivity index (χ1) is 18.5. The van der Waals surface area contributed by atoms with Crippen molar-refractivity contribution in [2.45, 2.75) is 17.7 Å². The number of ketones is 1. The lowest BCUT2D eigenvalue weighted by atomic mass is 10.0. The molecule has 6 rings (SSSR count). The average molecular weight is 523 g/mol. The highest BCUT2D eigenvalue weighted by molar-refractivity contribution is 7.99. The molecule has 1 atom stereocenters. The molecule has 1 unspecified atom stereocenters. The Kier molecular flexibility index (Phi) is 6.25. The van der Waals surface area contributed by atoms with Crippen LogP contribution in [0, 0.1) is 0 Å². The average Bonchev–Trinajstić information content (AvgIpc) is 3.66. The first kappa shape index (κ1) is 24.1. The van der Waals surface area contributed by atoms with Gasteiger partial charge < -0.3 is 14.2 Å². The van der Waals surface area contributed by atoms with Gasteiger partial charge >= 0.3 is 6.03 Å². The summed E-state index contributed by atoms with van der Waals surface area (Å²) in [6, 6.07) is 21.1. The fraction of sp³-hybridized carbons (Fsp3) is 0.167. The Labute approximate surface area is 224 Å². The minimum absolute atomic E-state index is 0.0710. The Morgan fingerprint density at radius 2 is 1.87 bits per heavy atom. The molecule has 0 saturated heterocycles. The van der Waals surface area contributed by atoms with E-state index >= 15 is 0 Å². The Hall–Kier alpha value is -4.30. The molecular formula is C30H26N4O3S. The Morgan fingerprint density at radius 3 is 2.63 bits per heavy atom. The summed E-state index contributed by atoms with van der Waals surface area (Å²) < 4.78 is 9.90. The Balaban J connectivity index is 1.43. The lowest BCUT2D eigenvalue weighted by molar-refractivity contribution is 0.103. The molecule has 4 heterocycles. The van der Waals surface area contributed by atoms with Gasteiger partial charge in [0, 0.05) is 61.5 Å². The van der Waals surface area contributed by atoms with Gasteiger partial charge in [-0.05, 0) is 29.8 Å². The maximum absolute atomic E-state index is 14.1. The van der Waals surface area contributed by atoms with Gasteiger partial charge in [0.2, 0.25) is 0 Å². The molecule has 0 radical (unpaired) electrons. The van der Waals surface area contributed by atoms with Crippen molar-refractivity contribution >= 4 is 34.5 Å². The summed E-state index contributed by atoms with van der Waals surface area (Å²) >= 11 is 1.76. The maximum Gasteiger partial charge on any atom is 0.328 e. The van der Waals surface area contributed by atoms with Gasteiger partial charge in [-0.3, -0.25) is 14.3 Å². The molecule has 0 N–H and O–H groups in total. The minimum atomic E-state index is -0.233. The van der Waals surface area contributed by atoms with Crippen molar-refractivity contribution < 1.29 is 14.3 Å². The molecule has 3 aromatic heterocycles. The van der Waals surface area contributed by atoms with Crippen LogP contribution in [0.25, 0.3) is 10.9 Å². The van der Waals surface area contributed by atoms with E-state index in [4.69, 9.17) is 4.74 Å². The van der Waals surface area contributed by atoms with Crippen LogP contribution in [-0.4, -0.2) is 44.9 Å². The van der Waals surface area contributed by atoms with Gasteiger partial charge in [0.15, 0.2) is 5.78 Å². The van der Waals surface area contributed by atoms with Crippen LogP contribution in [0.3, 0.4) is 0 Å². The summed E-state index contributed by atoms with van der Waals surface area (Å²) in [6.07, 6.45) is 7.24. The second-order valence-electron chi connectivity index (χ2n) is 9.38. The molecule has 1 aliphatic rings. The summed E-state index contributed by atoms with van der Waals surface area (Å²) in [7, 11) is 3.39. The van der Waals surface area contributed by atoms with Crippen LogP contribution >= 0.6 is 11.8 Å². The number of nitrogens with zero attached hydrogens (tertiary/aromatic N) is 4. The maximum atomic E-state index is 14.1. The molecule has 0 bridgehead atoms. The summed E-state index contributed by atoms with van der Waals surface area (Å²) in [5.74, 6) is 1.15. The van der Waals surface area contributed by atoms with Crippen molar-refractivity contribution in [3.8, 4) is 5.75 Å². The molecule has 7 nitrogen and oxygen atoms in total. The third-order valence-electron chi connectivity index (χ3n) is 6.73. The van der Waals surface area contributed by atoms with Crippen LogP contribution in [0.1, 0.15) is 38.1 Å². The van der Waals surface area contributed by atoms with Gasteiger partial charge in [-0.25, -0.2) is 4.79 Å². The number of hydrogen-bond acceptors (Lipinski definition) is 5. The van der Waals surface area contributed by atoms with Gasteiger partial charge in [-0.2, -0.15) is 0 Å². The van der Waals surface area contributed by atoms with Gasteiger partial charge in [0.25, 0.3) is 0 Å². The topological polar surface area (TPSA) is 69.4 Å². The van der Waals surface area contributed by atoms with Gasteiger partial charge in [0.1, 0.15) is 17.7 Å². The van der Waals surface area contributed by atoms with Crippen molar-refractivity contribution in [3.05, 3.63) is 119 Å². The van der Waals surface area contributed by atoms with Crippen LogP contribution in [-0.2, 0) is 12.4 Å². The molecule has 0 fully saturated rings. The van der Waals surface area contributed by atoms with Crippen LogP contribution in [0.4, 0.5) is 4.79 Å². The molecule has 1 amide bonds. The molecule has 38 heavy (non-hydrogen) atoms. The number of pyridine rings is 1. The summed E-state index contributed by atoms with van der Waals surface area (Å²) in [6.45, 7) is 0.353. The van der Waals surface area contributed by atoms with Crippen molar-refractivity contribution in [3.63, 3.8) is 0 Å². The molecule has 8 heteroatoms. The number of aromatic nitrogens is 3. The number of hydrogen-bond donors (Lipinski definition) is 0. The number of amides is 1. The lowest BCUT2D eigenvalue weighted by Crippen LogP contribution is -2.26. The lowest BCUT2D eigenvalue weighted by Gasteiger charge is -2.12. The quantitative estimate of drug-likeness (QED) is 0.257. The van der Waals surface area contributed by atoms with E-state index in [-0.39, 0.29) is 17.2 Å². The van der Waals surface area contributed by atoms with Gasteiger partial charge in [-0.1, -0.05) is 42.5 Å². The highest BCUT2D eigenvalue weighted by atomic mass is 32.2. The predicted octanol–water partition coefficient (Wildman–Crippen LogP) is 5.97. The Bertz CT molecular complexity index is 1640. The molecule has 0 aliphatic carbocycles.